The molecular formula is C21H18N2O3S. The van der Waals surface area contributed by atoms with Crippen molar-refractivity contribution in [2.75, 3.05) is 5.32 Å². The van der Waals surface area contributed by atoms with Gasteiger partial charge in [0.2, 0.25) is 0 Å². The summed E-state index contributed by atoms with van der Waals surface area (Å²) < 4.78 is 5.30. The van der Waals surface area contributed by atoms with E-state index in [1.165, 1.54) is 16.9 Å². The van der Waals surface area contributed by atoms with Crippen molar-refractivity contribution in [2.24, 2.45) is 0 Å². The van der Waals surface area contributed by atoms with E-state index in [9.17, 15) is 9.59 Å². The number of carbonyl (C=O) groups excluding carboxylic acids is 2. The average Bonchev–Trinajstić information content (AvgIpc) is 3.09. The molecule has 27 heavy (non-hydrogen) atoms. The second-order valence-corrected chi connectivity index (χ2v) is 7.46. The topological polar surface area (TPSA) is 68.3 Å². The third kappa shape index (κ3) is 3.48. The number of hydrogen-bond acceptors (Lipinski definition) is 5. The highest BCUT2D eigenvalue weighted by Gasteiger charge is 2.31. The molecule has 4 rings (SSSR count). The molecule has 6 heteroatoms. The SMILES string of the molecule is Cc1ccc(-c2csc(NC(=O)[C@@H]3Cc4ccccc4C(=O)O3)n2)c(C)c1. The maximum atomic E-state index is 12.6. The van der Waals surface area contributed by atoms with Crippen LogP contribution in [0.3, 0.4) is 0 Å². The Morgan fingerprint density at radius 2 is 2.00 bits per heavy atom. The minimum absolute atomic E-state index is 0.362. The monoisotopic (exact) mass is 378 g/mol. The van der Waals surface area contributed by atoms with Crippen molar-refractivity contribution in [1.29, 1.82) is 0 Å². The Morgan fingerprint density at radius 1 is 1.19 bits per heavy atom. The lowest BCUT2D eigenvalue weighted by Crippen LogP contribution is -2.37. The van der Waals surface area contributed by atoms with E-state index in [1.54, 1.807) is 12.1 Å². The zero-order chi connectivity index (χ0) is 19.0. The van der Waals surface area contributed by atoms with Gasteiger partial charge in [0.15, 0.2) is 11.2 Å². The van der Waals surface area contributed by atoms with Crippen LogP contribution in [0.25, 0.3) is 11.3 Å². The van der Waals surface area contributed by atoms with Crippen LogP contribution in [0, 0.1) is 13.8 Å². The van der Waals surface area contributed by atoms with Gasteiger partial charge in [-0.2, -0.15) is 0 Å². The molecule has 0 bridgehead atoms. The maximum Gasteiger partial charge on any atom is 0.339 e. The summed E-state index contributed by atoms with van der Waals surface area (Å²) in [7, 11) is 0. The molecule has 2 heterocycles. The predicted molar refractivity (Wildman–Crippen MR) is 105 cm³/mol. The van der Waals surface area contributed by atoms with E-state index in [0.29, 0.717) is 17.1 Å². The van der Waals surface area contributed by atoms with E-state index >= 15 is 0 Å². The lowest BCUT2D eigenvalue weighted by atomic mass is 9.98. The fraction of sp³-hybridized carbons (Fsp3) is 0.190. The summed E-state index contributed by atoms with van der Waals surface area (Å²) in [6, 6.07) is 13.4. The number of amides is 1. The van der Waals surface area contributed by atoms with Crippen LogP contribution in [0.4, 0.5) is 5.13 Å². The van der Waals surface area contributed by atoms with Crippen molar-refractivity contribution >= 4 is 28.3 Å². The molecule has 5 nitrogen and oxygen atoms in total. The van der Waals surface area contributed by atoms with Gasteiger partial charge in [-0.1, -0.05) is 42.0 Å². The van der Waals surface area contributed by atoms with Gasteiger partial charge in [0.05, 0.1) is 11.3 Å². The molecule has 0 saturated heterocycles. The van der Waals surface area contributed by atoms with E-state index in [2.05, 4.69) is 16.4 Å². The molecule has 1 aliphatic heterocycles. The van der Waals surface area contributed by atoms with Crippen molar-refractivity contribution in [3.8, 4) is 11.3 Å². The summed E-state index contributed by atoms with van der Waals surface area (Å²) in [5, 5.41) is 5.18. The third-order valence-corrected chi connectivity index (χ3v) is 5.33. The van der Waals surface area contributed by atoms with Crippen LogP contribution in [0.5, 0.6) is 0 Å². The van der Waals surface area contributed by atoms with Crippen LogP contribution in [0.15, 0.2) is 47.8 Å². The molecular weight excluding hydrogens is 360 g/mol. The van der Waals surface area contributed by atoms with Crippen LogP contribution >= 0.6 is 11.3 Å². The summed E-state index contributed by atoms with van der Waals surface area (Å²) in [5.74, 6) is -0.827. The Bertz CT molecular complexity index is 1040. The molecule has 0 saturated carbocycles. The summed E-state index contributed by atoms with van der Waals surface area (Å²) in [6.45, 7) is 4.09. The number of rotatable bonds is 3. The predicted octanol–water partition coefficient (Wildman–Crippen LogP) is 4.15. The highest BCUT2D eigenvalue weighted by atomic mass is 32.1. The normalized spacial score (nSPS) is 15.8. The number of aryl methyl sites for hydroxylation is 2. The van der Waals surface area contributed by atoms with E-state index in [-0.39, 0.29) is 5.91 Å². The molecule has 0 unspecified atom stereocenters. The van der Waals surface area contributed by atoms with Crippen molar-refractivity contribution < 1.29 is 14.3 Å². The highest BCUT2D eigenvalue weighted by molar-refractivity contribution is 7.14. The van der Waals surface area contributed by atoms with Crippen molar-refractivity contribution in [2.45, 2.75) is 26.4 Å². The van der Waals surface area contributed by atoms with Crippen LogP contribution in [0.2, 0.25) is 0 Å². The number of cyclic esters (lactones) is 1. The van der Waals surface area contributed by atoms with Gasteiger partial charge >= 0.3 is 5.97 Å². The average molecular weight is 378 g/mol. The fourth-order valence-corrected chi connectivity index (χ4v) is 3.93. The number of thiazole rings is 1. The molecule has 1 N–H and O–H groups in total. The lowest BCUT2D eigenvalue weighted by molar-refractivity contribution is -0.125. The first-order valence-electron chi connectivity index (χ1n) is 8.64. The minimum atomic E-state index is -0.846. The van der Waals surface area contributed by atoms with Gasteiger partial charge in [0.1, 0.15) is 0 Å². The third-order valence-electron chi connectivity index (χ3n) is 4.58. The Hall–Kier alpha value is -2.99. The number of carbonyl (C=O) groups is 2. The molecule has 0 fully saturated rings. The molecule has 1 amide bonds. The lowest BCUT2D eigenvalue weighted by Gasteiger charge is -2.23. The summed E-state index contributed by atoms with van der Waals surface area (Å²) in [6.07, 6.45) is -0.482. The first-order chi connectivity index (χ1) is 13.0. The molecule has 136 valence electrons. The number of anilines is 1. The number of nitrogens with zero attached hydrogens (tertiary/aromatic N) is 1. The summed E-state index contributed by atoms with van der Waals surface area (Å²) in [4.78, 5) is 29.2. The van der Waals surface area contributed by atoms with Crippen LogP contribution in [0.1, 0.15) is 27.0 Å². The zero-order valence-electron chi connectivity index (χ0n) is 15.0. The molecule has 0 radical (unpaired) electrons. The Labute approximate surface area is 161 Å². The molecule has 0 spiro atoms. The van der Waals surface area contributed by atoms with Crippen molar-refractivity contribution in [3.63, 3.8) is 0 Å². The Kier molecular flexibility index (Phi) is 4.49. The Balaban J connectivity index is 1.50. The minimum Gasteiger partial charge on any atom is -0.448 e. The fourth-order valence-electron chi connectivity index (χ4n) is 3.22. The number of benzene rings is 2. The van der Waals surface area contributed by atoms with Crippen molar-refractivity contribution in [1.82, 2.24) is 4.98 Å². The van der Waals surface area contributed by atoms with Crippen LogP contribution in [-0.4, -0.2) is 23.0 Å². The van der Waals surface area contributed by atoms with Gasteiger partial charge < -0.3 is 4.74 Å². The quantitative estimate of drug-likeness (QED) is 0.695. The standard InChI is InChI=1S/C21H18N2O3S/c1-12-7-8-15(13(2)9-12)17-11-27-21(22-17)23-19(24)18-10-14-5-3-4-6-16(14)20(25)26-18/h3-9,11,18H,10H2,1-2H3,(H,22,23,24)/t18-/m0/s1. The van der Waals surface area contributed by atoms with Gasteiger partial charge in [-0.25, -0.2) is 9.78 Å². The number of ether oxygens (including phenoxy) is 1. The highest BCUT2D eigenvalue weighted by Crippen LogP contribution is 2.28. The smallest absolute Gasteiger partial charge is 0.339 e. The second-order valence-electron chi connectivity index (χ2n) is 6.60. The van der Waals surface area contributed by atoms with Crippen molar-refractivity contribution in [3.05, 3.63) is 70.1 Å². The number of aromatic nitrogens is 1. The Morgan fingerprint density at radius 3 is 2.81 bits per heavy atom. The van der Waals surface area contributed by atoms with E-state index in [4.69, 9.17) is 4.74 Å². The number of nitrogens with one attached hydrogen (secondary N) is 1. The number of fused-ring (bicyclic) bond motifs is 1. The van der Waals surface area contributed by atoms with Gasteiger partial charge in [0, 0.05) is 17.4 Å². The summed E-state index contributed by atoms with van der Waals surface area (Å²) in [5.41, 5.74) is 5.53. The van der Waals surface area contributed by atoms with Gasteiger partial charge in [-0.05, 0) is 31.0 Å². The van der Waals surface area contributed by atoms with Crippen LogP contribution in [-0.2, 0) is 16.0 Å². The van der Waals surface area contributed by atoms with Gasteiger partial charge in [-0.15, -0.1) is 11.3 Å². The zero-order valence-corrected chi connectivity index (χ0v) is 15.8. The molecule has 1 atom stereocenters. The van der Waals surface area contributed by atoms with Crippen LogP contribution < -0.4 is 5.32 Å². The summed E-state index contributed by atoms with van der Waals surface area (Å²) >= 11 is 1.35. The molecule has 2 aromatic carbocycles. The number of hydrogen-bond donors (Lipinski definition) is 1. The van der Waals surface area contributed by atoms with Gasteiger partial charge in [-0.3, -0.25) is 10.1 Å². The molecule has 0 aliphatic carbocycles. The first kappa shape index (κ1) is 17.4. The maximum absolute atomic E-state index is 12.6. The molecule has 1 aromatic heterocycles. The van der Waals surface area contributed by atoms with E-state index < -0.39 is 12.1 Å². The second kappa shape index (κ2) is 6.96. The van der Waals surface area contributed by atoms with E-state index in [0.717, 1.165) is 22.4 Å². The first-order valence-corrected chi connectivity index (χ1v) is 9.52. The largest absolute Gasteiger partial charge is 0.448 e. The van der Waals surface area contributed by atoms with Gasteiger partial charge in [0.25, 0.3) is 5.91 Å². The number of esters is 1. The molecule has 3 aromatic rings. The van der Waals surface area contributed by atoms with E-state index in [1.807, 2.05) is 43.5 Å². The molecule has 1 aliphatic rings.